The zero-order chi connectivity index (χ0) is 29.0. The molecule has 0 aliphatic carbocycles. The van der Waals surface area contributed by atoms with E-state index >= 15 is 0 Å². The topological polar surface area (TPSA) is 80.5 Å². The first-order chi connectivity index (χ1) is 19.4. The SMILES string of the molecule is CC/C=C\C/C=C\C/C=C\C/C=C\C/C=C\CCCC(=O)N1CCC(CN(C)C(=O)c2cnc(C)c[n+]2[O-])CC1. The van der Waals surface area contributed by atoms with Crippen molar-refractivity contribution in [3.63, 3.8) is 0 Å². The number of carbonyl (C=O) groups excluding carboxylic acids is 2. The minimum atomic E-state index is -0.323. The lowest BCUT2D eigenvalue weighted by Gasteiger charge is -2.33. The number of rotatable bonds is 16. The van der Waals surface area contributed by atoms with E-state index < -0.39 is 0 Å². The van der Waals surface area contributed by atoms with E-state index in [0.717, 1.165) is 70.9 Å². The van der Waals surface area contributed by atoms with Crippen molar-refractivity contribution in [3.05, 3.63) is 89.7 Å². The third-order valence-corrected chi connectivity index (χ3v) is 6.92. The van der Waals surface area contributed by atoms with Crippen LogP contribution in [0.2, 0.25) is 0 Å². The van der Waals surface area contributed by atoms with E-state index in [4.69, 9.17) is 0 Å². The van der Waals surface area contributed by atoms with Crippen LogP contribution in [0.3, 0.4) is 0 Å². The number of carbonyl (C=O) groups is 2. The Hall–Kier alpha value is -3.48. The van der Waals surface area contributed by atoms with Gasteiger partial charge >= 0.3 is 5.91 Å². The summed E-state index contributed by atoms with van der Waals surface area (Å²) in [6.07, 6.45) is 33.6. The molecule has 1 fully saturated rings. The van der Waals surface area contributed by atoms with Crippen molar-refractivity contribution in [1.82, 2.24) is 14.8 Å². The molecule has 7 heteroatoms. The molecular weight excluding hydrogens is 500 g/mol. The fraction of sp³-hybridized carbons (Fsp3) is 0.515. The van der Waals surface area contributed by atoms with Crippen molar-refractivity contribution in [2.24, 2.45) is 5.92 Å². The van der Waals surface area contributed by atoms with Gasteiger partial charge in [-0.1, -0.05) is 67.7 Å². The van der Waals surface area contributed by atoms with E-state index in [9.17, 15) is 14.8 Å². The Labute approximate surface area is 241 Å². The Morgan fingerprint density at radius 2 is 1.52 bits per heavy atom. The third kappa shape index (κ3) is 13.0. The highest BCUT2D eigenvalue weighted by molar-refractivity contribution is 5.90. The average Bonchev–Trinajstić information content (AvgIpc) is 2.94. The molecule has 2 amide bonds. The normalized spacial score (nSPS) is 15.0. The third-order valence-electron chi connectivity index (χ3n) is 6.92. The van der Waals surface area contributed by atoms with Gasteiger partial charge in [-0.05, 0) is 70.6 Å². The molecule has 2 rings (SSSR count). The summed E-state index contributed by atoms with van der Waals surface area (Å²) in [5.41, 5.74) is 0.609. The second kappa shape index (κ2) is 19.6. The van der Waals surface area contributed by atoms with Gasteiger partial charge in [0.15, 0.2) is 0 Å². The van der Waals surface area contributed by atoms with E-state index in [1.54, 1.807) is 18.9 Å². The van der Waals surface area contributed by atoms with E-state index in [1.807, 2.05) is 4.90 Å². The molecule has 0 saturated carbocycles. The predicted octanol–water partition coefficient (Wildman–Crippen LogP) is 6.26. The van der Waals surface area contributed by atoms with E-state index in [2.05, 4.69) is 72.7 Å². The van der Waals surface area contributed by atoms with Crippen molar-refractivity contribution in [2.45, 2.75) is 78.1 Å². The molecule has 0 N–H and O–H groups in total. The second-order valence-electron chi connectivity index (χ2n) is 10.3. The van der Waals surface area contributed by atoms with E-state index in [0.29, 0.717) is 29.3 Å². The molecule has 1 aliphatic rings. The first kappa shape index (κ1) is 32.7. The summed E-state index contributed by atoms with van der Waals surface area (Å²) in [5, 5.41) is 12.0. The monoisotopic (exact) mass is 548 g/mol. The van der Waals surface area contributed by atoms with Gasteiger partial charge < -0.3 is 15.0 Å². The van der Waals surface area contributed by atoms with E-state index in [-0.39, 0.29) is 17.5 Å². The quantitative estimate of drug-likeness (QED) is 0.106. The number of aryl methyl sites for hydroxylation is 1. The largest absolute Gasteiger partial charge is 0.618 e. The lowest BCUT2D eigenvalue weighted by molar-refractivity contribution is -0.609. The molecule has 1 aliphatic heterocycles. The Morgan fingerprint density at radius 1 is 0.975 bits per heavy atom. The molecule has 218 valence electrons. The second-order valence-corrected chi connectivity index (χ2v) is 10.3. The Balaban J connectivity index is 1.53. The minimum Gasteiger partial charge on any atom is -0.618 e. The lowest BCUT2D eigenvalue weighted by atomic mass is 9.96. The maximum atomic E-state index is 12.6. The number of likely N-dealkylation sites (tertiary alicyclic amines) is 1. The maximum Gasteiger partial charge on any atom is 0.321 e. The summed E-state index contributed by atoms with van der Waals surface area (Å²) in [6, 6.07) is 0. The summed E-state index contributed by atoms with van der Waals surface area (Å²) in [4.78, 5) is 32.9. The van der Waals surface area contributed by atoms with Gasteiger partial charge in [0.2, 0.25) is 12.1 Å². The number of hydrogen-bond acceptors (Lipinski definition) is 4. The molecule has 1 saturated heterocycles. The average molecular weight is 549 g/mol. The van der Waals surface area contributed by atoms with Crippen LogP contribution in [-0.4, -0.2) is 53.3 Å². The molecule has 0 bridgehead atoms. The van der Waals surface area contributed by atoms with Gasteiger partial charge in [-0.3, -0.25) is 9.59 Å². The van der Waals surface area contributed by atoms with Crippen LogP contribution in [0.1, 0.15) is 87.3 Å². The highest BCUT2D eigenvalue weighted by Gasteiger charge is 2.27. The van der Waals surface area contributed by atoms with Crippen LogP contribution in [0.15, 0.2) is 73.2 Å². The summed E-state index contributed by atoms with van der Waals surface area (Å²) in [7, 11) is 1.72. The Bertz CT molecular complexity index is 1050. The number of amides is 2. The number of allylic oxidation sites excluding steroid dienone is 10. The highest BCUT2D eigenvalue weighted by atomic mass is 16.5. The number of aromatic nitrogens is 2. The van der Waals surface area contributed by atoms with Crippen LogP contribution in [0.25, 0.3) is 0 Å². The molecule has 0 atom stereocenters. The highest BCUT2D eigenvalue weighted by Crippen LogP contribution is 2.20. The fourth-order valence-electron chi connectivity index (χ4n) is 4.57. The van der Waals surface area contributed by atoms with Crippen LogP contribution in [-0.2, 0) is 4.79 Å². The van der Waals surface area contributed by atoms with Crippen molar-refractivity contribution in [2.75, 3.05) is 26.7 Å². The summed E-state index contributed by atoms with van der Waals surface area (Å²) in [5.74, 6) is 0.210. The Morgan fingerprint density at radius 3 is 2.08 bits per heavy atom. The van der Waals surface area contributed by atoms with Gasteiger partial charge in [0.1, 0.15) is 11.9 Å². The van der Waals surface area contributed by atoms with Gasteiger partial charge in [-0.25, -0.2) is 4.98 Å². The van der Waals surface area contributed by atoms with Gasteiger partial charge in [0.05, 0.1) is 0 Å². The molecule has 0 spiro atoms. The molecule has 40 heavy (non-hydrogen) atoms. The Kier molecular flexibility index (Phi) is 16.0. The molecule has 0 radical (unpaired) electrons. The van der Waals surface area contributed by atoms with Crippen LogP contribution >= 0.6 is 0 Å². The number of hydrogen-bond donors (Lipinski definition) is 0. The van der Waals surface area contributed by atoms with Crippen molar-refractivity contribution < 1.29 is 14.3 Å². The first-order valence-corrected chi connectivity index (χ1v) is 14.8. The summed E-state index contributed by atoms with van der Waals surface area (Å²) >= 11 is 0. The molecular formula is C33H48N4O3. The van der Waals surface area contributed by atoms with Crippen molar-refractivity contribution >= 4 is 11.8 Å². The molecule has 1 aromatic rings. The summed E-state index contributed by atoms with van der Waals surface area (Å²) in [6.45, 7) is 5.88. The van der Waals surface area contributed by atoms with Gasteiger partial charge in [-0.2, -0.15) is 4.73 Å². The van der Waals surface area contributed by atoms with Crippen LogP contribution < -0.4 is 4.73 Å². The van der Waals surface area contributed by atoms with Gasteiger partial charge in [0, 0.05) is 33.1 Å². The van der Waals surface area contributed by atoms with Gasteiger partial charge in [0.25, 0.3) is 5.69 Å². The van der Waals surface area contributed by atoms with Crippen LogP contribution in [0.4, 0.5) is 0 Å². The number of unbranched alkanes of at least 4 members (excludes halogenated alkanes) is 1. The molecule has 0 aromatic carbocycles. The zero-order valence-electron chi connectivity index (χ0n) is 24.7. The van der Waals surface area contributed by atoms with Crippen molar-refractivity contribution in [1.29, 1.82) is 0 Å². The molecule has 7 nitrogen and oxygen atoms in total. The van der Waals surface area contributed by atoms with Crippen LogP contribution in [0.5, 0.6) is 0 Å². The molecule has 1 aromatic heterocycles. The lowest BCUT2D eigenvalue weighted by Crippen LogP contribution is -2.44. The molecule has 0 unspecified atom stereocenters. The zero-order valence-corrected chi connectivity index (χ0v) is 24.7. The number of nitrogens with zero attached hydrogens (tertiary/aromatic N) is 4. The first-order valence-electron chi connectivity index (χ1n) is 14.8. The smallest absolute Gasteiger partial charge is 0.321 e. The number of piperidine rings is 1. The summed E-state index contributed by atoms with van der Waals surface area (Å²) < 4.78 is 0.585. The van der Waals surface area contributed by atoms with Crippen LogP contribution in [0, 0.1) is 18.0 Å². The predicted molar refractivity (Wildman–Crippen MR) is 163 cm³/mol. The van der Waals surface area contributed by atoms with E-state index in [1.165, 1.54) is 12.4 Å². The van der Waals surface area contributed by atoms with Crippen molar-refractivity contribution in [3.8, 4) is 0 Å². The fourth-order valence-corrected chi connectivity index (χ4v) is 4.57. The maximum absolute atomic E-state index is 12.6. The van der Waals surface area contributed by atoms with Gasteiger partial charge in [-0.15, -0.1) is 0 Å². The standard InChI is InChI=1S/C33H48N4O3/c1-4-5-6-7-8-9-10-11-12-13-14-15-16-17-18-19-20-21-32(38)36-24-22-30(23-25-36)28-35(3)33(39)31-26-34-29(2)27-37(31)40/h5-6,8-9,11-12,14-15,17-18,26-27,30H,4,7,10,13,16,19-25,28H2,1-3H3/b6-5-,9-8-,12-11-,15-14-,18-17-. The molecule has 2 heterocycles. The minimum absolute atomic E-state index is 0.0354.